The van der Waals surface area contributed by atoms with Crippen molar-refractivity contribution in [2.75, 3.05) is 26.2 Å². The van der Waals surface area contributed by atoms with Crippen molar-refractivity contribution in [1.29, 1.82) is 0 Å². The van der Waals surface area contributed by atoms with Crippen LogP contribution >= 0.6 is 0 Å². The van der Waals surface area contributed by atoms with Gasteiger partial charge < -0.3 is 5.32 Å². The molecule has 1 heterocycles. The molecule has 0 aliphatic carbocycles. The van der Waals surface area contributed by atoms with Gasteiger partial charge in [0.1, 0.15) is 5.82 Å². The third-order valence-electron chi connectivity index (χ3n) is 3.27. The first kappa shape index (κ1) is 13.6. The first-order chi connectivity index (χ1) is 9.13. The lowest BCUT2D eigenvalue weighted by atomic mass is 10.0. The lowest BCUT2D eigenvalue weighted by Crippen LogP contribution is -2.44. The smallest absolute Gasteiger partial charge is 0.274 e. The highest BCUT2D eigenvalue weighted by Gasteiger charge is 2.26. The zero-order chi connectivity index (χ0) is 13.8. The van der Waals surface area contributed by atoms with Crippen LogP contribution in [-0.4, -0.2) is 36.0 Å². The maximum atomic E-state index is 13.4. The van der Waals surface area contributed by atoms with E-state index in [2.05, 4.69) is 16.8 Å². The van der Waals surface area contributed by atoms with Crippen LogP contribution in [0.15, 0.2) is 30.9 Å². The Kier molecular flexibility index (Phi) is 4.24. The van der Waals surface area contributed by atoms with Gasteiger partial charge in [-0.3, -0.25) is 15.0 Å². The molecule has 0 bridgehead atoms. The van der Waals surface area contributed by atoms with Gasteiger partial charge in [-0.2, -0.15) is 0 Å². The Morgan fingerprint density at radius 1 is 1.47 bits per heavy atom. The SMILES string of the molecule is C=C[C@H](c1cc(F)ccc1[N+](=O)[O-])N1CCNCC1. The summed E-state index contributed by atoms with van der Waals surface area (Å²) in [6.07, 6.45) is 1.63. The van der Waals surface area contributed by atoms with Gasteiger partial charge in [-0.1, -0.05) is 6.08 Å². The Morgan fingerprint density at radius 2 is 2.16 bits per heavy atom. The molecular formula is C13H16FN3O2. The summed E-state index contributed by atoms with van der Waals surface area (Å²) in [7, 11) is 0. The molecule has 1 fully saturated rings. The Morgan fingerprint density at radius 3 is 2.74 bits per heavy atom. The molecule has 0 amide bonds. The molecule has 1 aliphatic heterocycles. The number of nitrogens with zero attached hydrogens (tertiary/aromatic N) is 2. The summed E-state index contributed by atoms with van der Waals surface area (Å²) in [6, 6.07) is 3.22. The van der Waals surface area contributed by atoms with Crippen LogP contribution in [0.25, 0.3) is 0 Å². The molecule has 0 unspecified atom stereocenters. The van der Waals surface area contributed by atoms with E-state index in [0.29, 0.717) is 5.56 Å². The molecule has 6 heteroatoms. The standard InChI is InChI=1S/C13H16FN3O2/c1-2-12(16-7-5-15-6-8-16)11-9-10(14)3-4-13(11)17(18)19/h2-4,9,12,15H,1,5-8H2/t12-/m1/s1. The molecule has 102 valence electrons. The van der Waals surface area contributed by atoms with Crippen molar-refractivity contribution >= 4 is 5.69 Å². The van der Waals surface area contributed by atoms with Crippen molar-refractivity contribution < 1.29 is 9.31 Å². The summed E-state index contributed by atoms with van der Waals surface area (Å²) in [5.41, 5.74) is 0.298. The quantitative estimate of drug-likeness (QED) is 0.513. The van der Waals surface area contributed by atoms with Crippen LogP contribution in [0.3, 0.4) is 0 Å². The van der Waals surface area contributed by atoms with Gasteiger partial charge in [0.2, 0.25) is 0 Å². The number of rotatable bonds is 4. The van der Waals surface area contributed by atoms with Gasteiger partial charge in [0.05, 0.1) is 16.5 Å². The maximum Gasteiger partial charge on any atom is 0.274 e. The minimum atomic E-state index is -0.479. The lowest BCUT2D eigenvalue weighted by Gasteiger charge is -2.33. The van der Waals surface area contributed by atoms with E-state index >= 15 is 0 Å². The van der Waals surface area contributed by atoms with Gasteiger partial charge in [-0.25, -0.2) is 4.39 Å². The Balaban J connectivity index is 2.38. The molecule has 0 spiro atoms. The second kappa shape index (κ2) is 5.90. The predicted octanol–water partition coefficient (Wildman–Crippen LogP) is 1.87. The first-order valence-corrected chi connectivity index (χ1v) is 6.14. The minimum absolute atomic E-state index is 0.0650. The summed E-state index contributed by atoms with van der Waals surface area (Å²) in [5, 5.41) is 14.3. The number of nitro groups is 1. The second-order valence-corrected chi connectivity index (χ2v) is 4.43. The topological polar surface area (TPSA) is 58.4 Å². The van der Waals surface area contributed by atoms with Crippen molar-refractivity contribution in [3.05, 3.63) is 52.3 Å². The van der Waals surface area contributed by atoms with Crippen molar-refractivity contribution in [2.24, 2.45) is 0 Å². The molecular weight excluding hydrogens is 249 g/mol. The number of nitrogens with one attached hydrogen (secondary N) is 1. The highest BCUT2D eigenvalue weighted by molar-refractivity contribution is 5.44. The summed E-state index contributed by atoms with van der Waals surface area (Å²) in [5.74, 6) is -0.470. The molecule has 0 saturated carbocycles. The van der Waals surface area contributed by atoms with E-state index in [9.17, 15) is 14.5 Å². The summed E-state index contributed by atoms with van der Waals surface area (Å²) < 4.78 is 13.4. The molecule has 1 aromatic rings. The van der Waals surface area contributed by atoms with Crippen molar-refractivity contribution in [3.8, 4) is 0 Å². The van der Waals surface area contributed by atoms with E-state index in [0.717, 1.165) is 32.2 Å². The van der Waals surface area contributed by atoms with Crippen molar-refractivity contribution in [1.82, 2.24) is 10.2 Å². The Labute approximate surface area is 110 Å². The van der Waals surface area contributed by atoms with E-state index < -0.39 is 10.7 Å². The van der Waals surface area contributed by atoms with Crippen LogP contribution in [0.5, 0.6) is 0 Å². The molecule has 0 aromatic heterocycles. The third kappa shape index (κ3) is 2.97. The zero-order valence-corrected chi connectivity index (χ0v) is 10.5. The van der Waals surface area contributed by atoms with Crippen LogP contribution in [0.4, 0.5) is 10.1 Å². The van der Waals surface area contributed by atoms with Gasteiger partial charge in [0, 0.05) is 32.2 Å². The summed E-state index contributed by atoms with van der Waals surface area (Å²) >= 11 is 0. The predicted molar refractivity (Wildman–Crippen MR) is 70.4 cm³/mol. The largest absolute Gasteiger partial charge is 0.314 e. The number of nitro benzene ring substituents is 1. The molecule has 0 radical (unpaired) electrons. The molecule has 1 atom stereocenters. The normalized spacial score (nSPS) is 17.9. The lowest BCUT2D eigenvalue weighted by molar-refractivity contribution is -0.385. The average molecular weight is 265 g/mol. The number of benzene rings is 1. The fraction of sp³-hybridized carbons (Fsp3) is 0.385. The minimum Gasteiger partial charge on any atom is -0.314 e. The van der Waals surface area contributed by atoms with Gasteiger partial charge in [-0.05, 0) is 12.1 Å². The number of piperazine rings is 1. The van der Waals surface area contributed by atoms with Gasteiger partial charge in [-0.15, -0.1) is 6.58 Å². The van der Waals surface area contributed by atoms with Crippen LogP contribution < -0.4 is 5.32 Å². The van der Waals surface area contributed by atoms with Gasteiger partial charge in [0.15, 0.2) is 0 Å². The highest BCUT2D eigenvalue weighted by atomic mass is 19.1. The zero-order valence-electron chi connectivity index (χ0n) is 10.5. The second-order valence-electron chi connectivity index (χ2n) is 4.43. The third-order valence-corrected chi connectivity index (χ3v) is 3.27. The van der Waals surface area contributed by atoms with Crippen molar-refractivity contribution in [3.63, 3.8) is 0 Å². The first-order valence-electron chi connectivity index (χ1n) is 6.14. The van der Waals surface area contributed by atoms with E-state index in [1.165, 1.54) is 12.1 Å². The fourth-order valence-corrected chi connectivity index (χ4v) is 2.36. The summed E-state index contributed by atoms with van der Waals surface area (Å²) in [6.45, 7) is 6.87. The Hall–Kier alpha value is -1.79. The highest BCUT2D eigenvalue weighted by Crippen LogP contribution is 2.31. The van der Waals surface area contributed by atoms with Crippen LogP contribution in [-0.2, 0) is 0 Å². The monoisotopic (exact) mass is 265 g/mol. The maximum absolute atomic E-state index is 13.4. The van der Waals surface area contributed by atoms with Crippen LogP contribution in [0.1, 0.15) is 11.6 Å². The summed E-state index contributed by atoms with van der Waals surface area (Å²) in [4.78, 5) is 12.6. The van der Waals surface area contributed by atoms with E-state index in [4.69, 9.17) is 0 Å². The molecule has 1 aromatic carbocycles. The molecule has 5 nitrogen and oxygen atoms in total. The molecule has 2 rings (SSSR count). The fourth-order valence-electron chi connectivity index (χ4n) is 2.36. The number of hydrogen-bond acceptors (Lipinski definition) is 4. The molecule has 1 saturated heterocycles. The molecule has 19 heavy (non-hydrogen) atoms. The Bertz CT molecular complexity index is 487. The number of halogens is 1. The van der Waals surface area contributed by atoms with Crippen LogP contribution in [0.2, 0.25) is 0 Å². The van der Waals surface area contributed by atoms with E-state index in [1.807, 2.05) is 0 Å². The average Bonchev–Trinajstić information content (AvgIpc) is 2.40. The van der Waals surface area contributed by atoms with Gasteiger partial charge in [0.25, 0.3) is 5.69 Å². The molecule has 1 aliphatic rings. The number of hydrogen-bond donors (Lipinski definition) is 1. The van der Waals surface area contributed by atoms with Gasteiger partial charge >= 0.3 is 0 Å². The van der Waals surface area contributed by atoms with Crippen LogP contribution in [0, 0.1) is 15.9 Å². The van der Waals surface area contributed by atoms with E-state index in [1.54, 1.807) is 6.08 Å². The molecule has 1 N–H and O–H groups in total. The van der Waals surface area contributed by atoms with Crippen molar-refractivity contribution in [2.45, 2.75) is 6.04 Å². The van der Waals surface area contributed by atoms with E-state index in [-0.39, 0.29) is 11.7 Å².